The molecule has 2 N–H and O–H groups in total. The first-order chi connectivity index (χ1) is 9.78. The summed E-state index contributed by atoms with van der Waals surface area (Å²) < 4.78 is 0. The van der Waals surface area contributed by atoms with Gasteiger partial charge in [-0.05, 0) is 43.7 Å². The molecule has 4 heteroatoms. The number of nitrogens with one attached hydrogen (secondary N) is 2. The van der Waals surface area contributed by atoms with Crippen LogP contribution in [0, 0.1) is 5.92 Å². The van der Waals surface area contributed by atoms with Crippen LogP contribution in [0.5, 0.6) is 0 Å². The smallest absolute Gasteiger partial charge is 0.233 e. The van der Waals surface area contributed by atoms with Gasteiger partial charge < -0.3 is 10.6 Å². The third-order valence-electron chi connectivity index (χ3n) is 4.74. The van der Waals surface area contributed by atoms with Crippen molar-refractivity contribution in [2.24, 2.45) is 5.92 Å². The highest BCUT2D eigenvalue weighted by Gasteiger charge is 2.38. The van der Waals surface area contributed by atoms with Gasteiger partial charge in [0.25, 0.3) is 0 Å². The lowest BCUT2D eigenvalue weighted by Gasteiger charge is -2.42. The number of halogens is 1. The van der Waals surface area contributed by atoms with Crippen LogP contribution in [0.3, 0.4) is 0 Å². The molecule has 2 aliphatic rings. The van der Waals surface area contributed by atoms with Crippen molar-refractivity contribution in [2.45, 2.75) is 37.5 Å². The Morgan fingerprint density at radius 2 is 1.90 bits per heavy atom. The summed E-state index contributed by atoms with van der Waals surface area (Å²) in [6.07, 6.45) is 6.29. The van der Waals surface area contributed by atoms with Crippen LogP contribution >= 0.6 is 12.4 Å². The number of hydrogen-bond donors (Lipinski definition) is 2. The van der Waals surface area contributed by atoms with E-state index in [9.17, 15) is 4.79 Å². The van der Waals surface area contributed by atoms with Gasteiger partial charge in [0.2, 0.25) is 5.91 Å². The number of amides is 1. The first kappa shape index (κ1) is 16.3. The molecule has 0 spiro atoms. The first-order valence-electron chi connectivity index (χ1n) is 7.81. The van der Waals surface area contributed by atoms with Crippen molar-refractivity contribution in [1.29, 1.82) is 0 Å². The van der Waals surface area contributed by atoms with Gasteiger partial charge in [-0.3, -0.25) is 4.79 Å². The molecule has 0 heterocycles. The van der Waals surface area contributed by atoms with E-state index in [1.54, 1.807) is 0 Å². The van der Waals surface area contributed by atoms with E-state index in [0.29, 0.717) is 6.54 Å². The average Bonchev–Trinajstić information content (AvgIpc) is 3.23. The van der Waals surface area contributed by atoms with Crippen molar-refractivity contribution < 1.29 is 4.79 Å². The fraction of sp³-hybridized carbons (Fsp3) is 0.588. The van der Waals surface area contributed by atoms with Gasteiger partial charge >= 0.3 is 0 Å². The van der Waals surface area contributed by atoms with Gasteiger partial charge in [0.15, 0.2) is 0 Å². The fourth-order valence-electron chi connectivity index (χ4n) is 3.00. The molecule has 2 saturated carbocycles. The Hall–Kier alpha value is -1.06. The normalized spacial score (nSPS) is 19.2. The van der Waals surface area contributed by atoms with Crippen molar-refractivity contribution in [2.75, 3.05) is 19.6 Å². The van der Waals surface area contributed by atoms with Crippen molar-refractivity contribution in [1.82, 2.24) is 10.6 Å². The first-order valence-corrected chi connectivity index (χ1v) is 7.81. The van der Waals surface area contributed by atoms with Gasteiger partial charge in [0.05, 0.1) is 6.54 Å². The highest BCUT2D eigenvalue weighted by molar-refractivity contribution is 5.85. The molecule has 1 amide bonds. The Morgan fingerprint density at radius 1 is 1.19 bits per heavy atom. The van der Waals surface area contributed by atoms with Gasteiger partial charge in [-0.15, -0.1) is 12.4 Å². The lowest BCUT2D eigenvalue weighted by Crippen LogP contribution is -2.47. The molecule has 2 aliphatic carbocycles. The van der Waals surface area contributed by atoms with Gasteiger partial charge in [-0.1, -0.05) is 36.8 Å². The monoisotopic (exact) mass is 308 g/mol. The van der Waals surface area contributed by atoms with E-state index in [-0.39, 0.29) is 23.7 Å². The molecular weight excluding hydrogens is 284 g/mol. The topological polar surface area (TPSA) is 41.1 Å². The summed E-state index contributed by atoms with van der Waals surface area (Å²) in [5, 5.41) is 6.36. The summed E-state index contributed by atoms with van der Waals surface area (Å²) in [7, 11) is 0. The molecule has 2 fully saturated rings. The quantitative estimate of drug-likeness (QED) is 0.813. The molecule has 1 aromatic carbocycles. The minimum absolute atomic E-state index is 0. The molecule has 116 valence electrons. The molecule has 3 nitrogen and oxygen atoms in total. The van der Waals surface area contributed by atoms with E-state index < -0.39 is 0 Å². The summed E-state index contributed by atoms with van der Waals surface area (Å²) in [4.78, 5) is 11.9. The predicted octanol–water partition coefficient (Wildman–Crippen LogP) is 2.65. The number of carbonyl (C=O) groups is 1. The van der Waals surface area contributed by atoms with E-state index in [4.69, 9.17) is 0 Å². The summed E-state index contributed by atoms with van der Waals surface area (Å²) in [6.45, 7) is 2.24. The number of carbonyl (C=O) groups excluding carboxylic acids is 1. The zero-order valence-corrected chi connectivity index (χ0v) is 13.3. The molecule has 0 bridgehead atoms. The maximum absolute atomic E-state index is 11.9. The minimum atomic E-state index is 0. The largest absolute Gasteiger partial charge is 0.354 e. The molecule has 0 atom stereocenters. The Balaban J connectivity index is 0.00000161. The van der Waals surface area contributed by atoms with Crippen LogP contribution in [-0.4, -0.2) is 25.5 Å². The molecule has 0 aromatic heterocycles. The summed E-state index contributed by atoms with van der Waals surface area (Å²) in [6, 6.07) is 10.6. The molecule has 21 heavy (non-hydrogen) atoms. The molecule has 0 radical (unpaired) electrons. The highest BCUT2D eigenvalue weighted by Crippen LogP contribution is 2.43. The molecule has 0 unspecified atom stereocenters. The zero-order chi connectivity index (χ0) is 13.8. The number of rotatable bonds is 7. The molecule has 0 saturated heterocycles. The van der Waals surface area contributed by atoms with Crippen LogP contribution < -0.4 is 10.6 Å². The van der Waals surface area contributed by atoms with Crippen LogP contribution in [0.1, 0.15) is 37.7 Å². The standard InChI is InChI=1S/C17H24N2O.ClH/c20-16(12-18-11-14-7-8-14)19-13-17(9-4-10-17)15-5-2-1-3-6-15;/h1-3,5-6,14,18H,4,7-13H2,(H,19,20);1H. The van der Waals surface area contributed by atoms with E-state index >= 15 is 0 Å². The van der Waals surface area contributed by atoms with Crippen LogP contribution in [0.2, 0.25) is 0 Å². The zero-order valence-electron chi connectivity index (χ0n) is 12.4. The molecule has 3 rings (SSSR count). The maximum Gasteiger partial charge on any atom is 0.233 e. The van der Waals surface area contributed by atoms with Crippen LogP contribution in [0.25, 0.3) is 0 Å². The summed E-state index contributed by atoms with van der Waals surface area (Å²) in [5.41, 5.74) is 1.56. The summed E-state index contributed by atoms with van der Waals surface area (Å²) >= 11 is 0. The lowest BCUT2D eigenvalue weighted by molar-refractivity contribution is -0.120. The van der Waals surface area contributed by atoms with E-state index in [1.807, 2.05) is 0 Å². The molecule has 1 aromatic rings. The molecular formula is C17H25ClN2O. The number of benzene rings is 1. The molecule has 0 aliphatic heterocycles. The van der Waals surface area contributed by atoms with E-state index in [0.717, 1.165) is 19.0 Å². The van der Waals surface area contributed by atoms with Crippen LogP contribution in [0.4, 0.5) is 0 Å². The summed E-state index contributed by atoms with van der Waals surface area (Å²) in [5.74, 6) is 0.956. The van der Waals surface area contributed by atoms with E-state index in [2.05, 4.69) is 41.0 Å². The van der Waals surface area contributed by atoms with Crippen molar-refractivity contribution in [3.8, 4) is 0 Å². The average molecular weight is 309 g/mol. The van der Waals surface area contributed by atoms with Crippen LogP contribution in [0.15, 0.2) is 30.3 Å². The van der Waals surface area contributed by atoms with Crippen molar-refractivity contribution >= 4 is 18.3 Å². The Kier molecular flexibility index (Phi) is 5.65. The second-order valence-corrected chi connectivity index (χ2v) is 6.35. The maximum atomic E-state index is 11.9. The van der Waals surface area contributed by atoms with Gasteiger partial charge in [-0.25, -0.2) is 0 Å². The Labute approximate surface area is 133 Å². The van der Waals surface area contributed by atoms with E-state index in [1.165, 1.54) is 37.7 Å². The van der Waals surface area contributed by atoms with Crippen molar-refractivity contribution in [3.63, 3.8) is 0 Å². The van der Waals surface area contributed by atoms with Gasteiger partial charge in [0, 0.05) is 12.0 Å². The minimum Gasteiger partial charge on any atom is -0.354 e. The fourth-order valence-corrected chi connectivity index (χ4v) is 3.00. The van der Waals surface area contributed by atoms with Crippen molar-refractivity contribution in [3.05, 3.63) is 35.9 Å². The van der Waals surface area contributed by atoms with Gasteiger partial charge in [-0.2, -0.15) is 0 Å². The SMILES string of the molecule is Cl.O=C(CNCC1CC1)NCC1(c2ccccc2)CCC1. The Morgan fingerprint density at radius 3 is 2.48 bits per heavy atom. The Bertz CT molecular complexity index is 455. The third kappa shape index (κ3) is 4.21. The van der Waals surface area contributed by atoms with Crippen LogP contribution in [-0.2, 0) is 10.2 Å². The second-order valence-electron chi connectivity index (χ2n) is 6.35. The second kappa shape index (κ2) is 7.28. The highest BCUT2D eigenvalue weighted by atomic mass is 35.5. The van der Waals surface area contributed by atoms with Gasteiger partial charge in [0.1, 0.15) is 0 Å². The lowest BCUT2D eigenvalue weighted by atomic mass is 9.64. The number of hydrogen-bond acceptors (Lipinski definition) is 2. The third-order valence-corrected chi connectivity index (χ3v) is 4.74. The predicted molar refractivity (Wildman–Crippen MR) is 87.8 cm³/mol.